The molecule has 0 bridgehead atoms. The molecule has 232 valence electrons. The van der Waals surface area contributed by atoms with Crippen LogP contribution in [-0.2, 0) is 19.5 Å². The Morgan fingerprint density at radius 1 is 0.511 bits per heavy atom. The number of aromatic hydroxyl groups is 2. The molecule has 0 aliphatic heterocycles. The first-order valence-electron chi connectivity index (χ1n) is 13.1. The van der Waals surface area contributed by atoms with Crippen LogP contribution >= 0.6 is 0 Å². The van der Waals surface area contributed by atoms with Gasteiger partial charge in [0.25, 0.3) is 0 Å². The van der Waals surface area contributed by atoms with Crippen LogP contribution in [0.3, 0.4) is 0 Å². The molecule has 2 N–H and O–H groups in total. The summed E-state index contributed by atoms with van der Waals surface area (Å²) in [4.78, 5) is 21.3. The monoisotopic (exact) mass is 670 g/mol. The van der Waals surface area contributed by atoms with Crippen molar-refractivity contribution in [3.8, 4) is 46.0 Å². The van der Waals surface area contributed by atoms with Crippen molar-refractivity contribution < 1.29 is 77.9 Å². The van der Waals surface area contributed by atoms with E-state index in [9.17, 15) is 30.0 Å². The van der Waals surface area contributed by atoms with E-state index < -0.39 is 23.4 Å². The van der Waals surface area contributed by atoms with Crippen molar-refractivity contribution in [1.82, 2.24) is 0 Å². The van der Waals surface area contributed by atoms with Crippen LogP contribution < -0.4 is 38.6 Å². The van der Waals surface area contributed by atoms with Gasteiger partial charge >= 0.3 is 19.5 Å². The van der Waals surface area contributed by atoms with Crippen molar-refractivity contribution in [2.24, 2.45) is 0 Å². The second-order valence-corrected chi connectivity index (χ2v) is 8.68. The molecular formula is C32H30O12Zn. The molecule has 0 amide bonds. The van der Waals surface area contributed by atoms with Gasteiger partial charge in [-0.05, 0) is 72.8 Å². The van der Waals surface area contributed by atoms with Crippen molar-refractivity contribution in [2.45, 2.75) is 0 Å². The zero-order valence-electron chi connectivity index (χ0n) is 24.6. The van der Waals surface area contributed by atoms with E-state index in [0.29, 0.717) is 36.2 Å². The fraction of sp³-hybridized carbons (Fsp3) is 0.188. The topological polar surface area (TPSA) is 176 Å². The average molecular weight is 672 g/mol. The van der Waals surface area contributed by atoms with Crippen LogP contribution in [0.5, 0.6) is 46.0 Å². The molecule has 13 heteroatoms. The van der Waals surface area contributed by atoms with Crippen molar-refractivity contribution in [3.63, 3.8) is 0 Å². The van der Waals surface area contributed by atoms with E-state index in [1.807, 2.05) is 0 Å². The summed E-state index contributed by atoms with van der Waals surface area (Å²) in [5.41, 5.74) is -0.552. The smallest absolute Gasteiger partial charge is 0.545 e. The van der Waals surface area contributed by atoms with Crippen LogP contribution in [0, 0.1) is 0 Å². The van der Waals surface area contributed by atoms with Crippen molar-refractivity contribution in [2.75, 3.05) is 40.6 Å². The molecule has 0 aliphatic rings. The molecule has 0 unspecified atom stereocenters. The quantitative estimate of drug-likeness (QED) is 0.148. The third kappa shape index (κ3) is 11.8. The summed E-state index contributed by atoms with van der Waals surface area (Å²) in [6.07, 6.45) is 0. The number of carboxylic acids is 2. The first kappa shape index (κ1) is 36.0. The van der Waals surface area contributed by atoms with E-state index >= 15 is 0 Å². The Kier molecular flexibility index (Phi) is 14.8. The fourth-order valence-corrected chi connectivity index (χ4v) is 3.53. The summed E-state index contributed by atoms with van der Waals surface area (Å²) in [6.45, 7) is 1.09. The number of hydrogen-bond acceptors (Lipinski definition) is 12. The molecule has 0 spiro atoms. The van der Waals surface area contributed by atoms with Crippen LogP contribution in [0.2, 0.25) is 0 Å². The third-order valence-corrected chi connectivity index (χ3v) is 5.74. The van der Waals surface area contributed by atoms with Crippen molar-refractivity contribution >= 4 is 11.9 Å². The number of benzene rings is 4. The van der Waals surface area contributed by atoms with Gasteiger partial charge in [-0.25, -0.2) is 0 Å². The number of carboxylic acid groups (broad SMARTS) is 2. The Hall–Kier alpha value is -5.16. The maximum atomic E-state index is 10.7. The first-order chi connectivity index (χ1) is 21.2. The van der Waals surface area contributed by atoms with E-state index in [-0.39, 0.29) is 43.8 Å². The number of aromatic carboxylic acids is 2. The van der Waals surface area contributed by atoms with E-state index in [4.69, 9.17) is 28.4 Å². The minimum atomic E-state index is -1.44. The molecule has 0 aromatic heterocycles. The fourth-order valence-electron chi connectivity index (χ4n) is 3.53. The molecule has 0 fully saturated rings. The average Bonchev–Trinajstić information content (AvgIpc) is 3.02. The number of ether oxygens (including phenoxy) is 6. The van der Waals surface area contributed by atoms with Crippen LogP contribution in [-0.4, -0.2) is 62.8 Å². The maximum Gasteiger partial charge on any atom is 2.00 e. The molecule has 45 heavy (non-hydrogen) atoms. The number of methoxy groups -OCH3 is 2. The molecule has 4 aromatic carbocycles. The van der Waals surface area contributed by atoms with Crippen molar-refractivity contribution in [1.29, 1.82) is 0 Å². The summed E-state index contributed by atoms with van der Waals surface area (Å²) < 4.78 is 31.8. The molecule has 4 rings (SSSR count). The number of rotatable bonds is 14. The molecule has 0 saturated carbocycles. The molecule has 0 radical (unpaired) electrons. The Morgan fingerprint density at radius 3 is 1.04 bits per heavy atom. The molecule has 0 aliphatic carbocycles. The minimum Gasteiger partial charge on any atom is -0.545 e. The summed E-state index contributed by atoms with van der Waals surface area (Å²) in [7, 11) is 3.18. The number of carbonyl (C=O) groups is 2. The summed E-state index contributed by atoms with van der Waals surface area (Å²) in [5.74, 6) is -0.124. The predicted molar refractivity (Wildman–Crippen MR) is 153 cm³/mol. The Morgan fingerprint density at radius 2 is 0.778 bits per heavy atom. The van der Waals surface area contributed by atoms with Crippen molar-refractivity contribution in [3.05, 3.63) is 96.1 Å². The third-order valence-electron chi connectivity index (χ3n) is 5.74. The second kappa shape index (κ2) is 18.5. The predicted octanol–water partition coefficient (Wildman–Crippen LogP) is 2.44. The number of hydrogen-bond donors (Lipinski definition) is 2. The van der Waals surface area contributed by atoms with Crippen LogP contribution in [0.4, 0.5) is 0 Å². The van der Waals surface area contributed by atoms with Gasteiger partial charge in [0.15, 0.2) is 0 Å². The van der Waals surface area contributed by atoms with Gasteiger partial charge < -0.3 is 58.4 Å². The largest absolute Gasteiger partial charge is 2.00 e. The second-order valence-electron chi connectivity index (χ2n) is 8.68. The van der Waals surface area contributed by atoms with Gasteiger partial charge in [-0.15, -0.1) is 0 Å². The molecule has 0 atom stereocenters. The Balaban J connectivity index is 0.000000307. The van der Waals surface area contributed by atoms with Crippen LogP contribution in [0.15, 0.2) is 84.9 Å². The number of phenols is 2. The molecule has 0 heterocycles. The standard InChI is InChI=1S/2C16H16O6.Zn/c2*1-20-11-2-4-12(5-3-11)21-8-9-22-13-6-7-14(16(18)19)15(17)10-13;/h2*2-7,10,17H,8-9H2,1H3,(H,18,19);/q;;+2/p-2. The van der Waals surface area contributed by atoms with Gasteiger partial charge in [0.2, 0.25) is 0 Å². The van der Waals surface area contributed by atoms with Gasteiger partial charge in [-0.3, -0.25) is 0 Å². The SMILES string of the molecule is COc1ccc(OCCOc2ccc(C(=O)[O-])c(O)c2)cc1.COc1ccc(OCCOc2ccc(C(=O)[O-])c(O)c2)cc1.[Zn+2]. The van der Waals surface area contributed by atoms with E-state index in [1.165, 1.54) is 36.4 Å². The van der Waals surface area contributed by atoms with E-state index in [1.54, 1.807) is 62.8 Å². The summed E-state index contributed by atoms with van der Waals surface area (Å²) >= 11 is 0. The molecule has 12 nitrogen and oxygen atoms in total. The molecule has 0 saturated heterocycles. The van der Waals surface area contributed by atoms with Gasteiger partial charge in [-0.1, -0.05) is 0 Å². The Labute approximate surface area is 272 Å². The van der Waals surface area contributed by atoms with Gasteiger partial charge in [0.05, 0.1) is 26.2 Å². The summed E-state index contributed by atoms with van der Waals surface area (Å²) in [5, 5.41) is 40.3. The Bertz CT molecular complexity index is 1390. The van der Waals surface area contributed by atoms with Crippen LogP contribution in [0.1, 0.15) is 20.7 Å². The maximum absolute atomic E-state index is 10.7. The van der Waals surface area contributed by atoms with E-state index in [0.717, 1.165) is 11.5 Å². The van der Waals surface area contributed by atoms with Crippen LogP contribution in [0.25, 0.3) is 0 Å². The van der Waals surface area contributed by atoms with E-state index in [2.05, 4.69) is 0 Å². The first-order valence-corrected chi connectivity index (χ1v) is 13.1. The summed E-state index contributed by atoms with van der Waals surface area (Å²) in [6, 6.07) is 22.0. The zero-order chi connectivity index (χ0) is 31.9. The zero-order valence-corrected chi connectivity index (χ0v) is 27.6. The normalized spacial score (nSPS) is 9.82. The van der Waals surface area contributed by atoms with Gasteiger partial charge in [0.1, 0.15) is 72.4 Å². The van der Waals surface area contributed by atoms with Gasteiger partial charge in [-0.2, -0.15) is 0 Å². The molecular weight excluding hydrogens is 642 g/mol. The van der Waals surface area contributed by atoms with Gasteiger partial charge in [0, 0.05) is 23.3 Å². The minimum absolute atomic E-state index is 0. The molecule has 4 aromatic rings. The number of carbonyl (C=O) groups excluding carboxylic acids is 2.